The molecule has 1 unspecified atom stereocenters. The van der Waals surface area contributed by atoms with Crippen LogP contribution in [0.5, 0.6) is 11.5 Å². The molecule has 1 N–H and O–H groups in total. The van der Waals surface area contributed by atoms with Crippen LogP contribution < -0.4 is 14.8 Å². The number of amides is 1. The van der Waals surface area contributed by atoms with Gasteiger partial charge in [-0.05, 0) is 36.2 Å². The Hall–Kier alpha value is -3.32. The zero-order chi connectivity index (χ0) is 19.8. The summed E-state index contributed by atoms with van der Waals surface area (Å²) in [6.45, 7) is 3.70. The van der Waals surface area contributed by atoms with Crippen LogP contribution in [-0.2, 0) is 24.4 Å². The van der Waals surface area contributed by atoms with E-state index in [1.165, 1.54) is 5.56 Å². The third kappa shape index (κ3) is 3.56. The van der Waals surface area contributed by atoms with E-state index in [-0.39, 0.29) is 18.8 Å². The summed E-state index contributed by atoms with van der Waals surface area (Å²) in [5, 5.41) is 7.42. The van der Waals surface area contributed by atoms with Gasteiger partial charge >= 0.3 is 0 Å². The normalized spacial score (nSPS) is 17.1. The van der Waals surface area contributed by atoms with Crippen molar-refractivity contribution >= 4 is 5.91 Å². The second-order valence-corrected chi connectivity index (χ2v) is 7.28. The highest BCUT2D eigenvalue weighted by Crippen LogP contribution is 2.36. The van der Waals surface area contributed by atoms with E-state index >= 15 is 0 Å². The van der Waals surface area contributed by atoms with Gasteiger partial charge in [0.2, 0.25) is 6.79 Å². The maximum atomic E-state index is 12.5. The summed E-state index contributed by atoms with van der Waals surface area (Å²) in [5.41, 5.74) is 4.54. The number of benzene rings is 2. The molecular weight excluding hydrogens is 370 g/mol. The maximum absolute atomic E-state index is 12.5. The molecule has 0 saturated heterocycles. The predicted molar refractivity (Wildman–Crippen MR) is 105 cm³/mol. The lowest BCUT2D eigenvalue weighted by Gasteiger charge is -2.24. The van der Waals surface area contributed by atoms with Gasteiger partial charge in [0.25, 0.3) is 5.91 Å². The lowest BCUT2D eigenvalue weighted by Crippen LogP contribution is -2.24. The molecule has 0 fully saturated rings. The standard InChI is InChI=1S/C22H21N3O4/c1-14-2-4-15(5-3-14)10-23-22(26)18-9-17-12-27-21(11-25(17)24-18)16-6-7-19-20(8-16)29-13-28-19/h2-9,21H,10-13H2,1H3,(H,23,26). The summed E-state index contributed by atoms with van der Waals surface area (Å²) < 4.78 is 18.7. The van der Waals surface area contributed by atoms with Gasteiger partial charge in [0.15, 0.2) is 17.2 Å². The van der Waals surface area contributed by atoms with Crippen molar-refractivity contribution in [3.8, 4) is 11.5 Å². The van der Waals surface area contributed by atoms with Crippen molar-refractivity contribution in [2.24, 2.45) is 0 Å². The van der Waals surface area contributed by atoms with Crippen LogP contribution in [0.2, 0.25) is 0 Å². The van der Waals surface area contributed by atoms with Crippen molar-refractivity contribution in [1.82, 2.24) is 15.1 Å². The van der Waals surface area contributed by atoms with E-state index < -0.39 is 0 Å². The quantitative estimate of drug-likeness (QED) is 0.740. The Morgan fingerprint density at radius 3 is 2.83 bits per heavy atom. The number of fused-ring (bicyclic) bond motifs is 2. The Balaban J connectivity index is 1.26. The summed E-state index contributed by atoms with van der Waals surface area (Å²) in [4.78, 5) is 12.5. The van der Waals surface area contributed by atoms with Crippen molar-refractivity contribution in [3.05, 3.63) is 76.6 Å². The van der Waals surface area contributed by atoms with Gasteiger partial charge in [0, 0.05) is 6.54 Å². The molecule has 2 aromatic carbocycles. The number of ether oxygens (including phenoxy) is 3. The van der Waals surface area contributed by atoms with Crippen LogP contribution in [0.25, 0.3) is 0 Å². The Morgan fingerprint density at radius 1 is 1.14 bits per heavy atom. The van der Waals surface area contributed by atoms with E-state index in [4.69, 9.17) is 14.2 Å². The van der Waals surface area contributed by atoms with Gasteiger partial charge in [-0.2, -0.15) is 5.10 Å². The number of hydrogen-bond acceptors (Lipinski definition) is 5. The Bertz CT molecular complexity index is 1060. The molecule has 148 valence electrons. The van der Waals surface area contributed by atoms with E-state index in [1.54, 1.807) is 6.07 Å². The highest BCUT2D eigenvalue weighted by molar-refractivity contribution is 5.92. The molecule has 0 radical (unpaired) electrons. The van der Waals surface area contributed by atoms with Crippen LogP contribution in [0, 0.1) is 6.92 Å². The molecule has 0 saturated carbocycles. The van der Waals surface area contributed by atoms with Gasteiger partial charge in [0.1, 0.15) is 6.10 Å². The van der Waals surface area contributed by atoms with E-state index in [2.05, 4.69) is 10.4 Å². The van der Waals surface area contributed by atoms with Gasteiger partial charge in [-0.25, -0.2) is 0 Å². The van der Waals surface area contributed by atoms with Crippen molar-refractivity contribution in [2.75, 3.05) is 6.79 Å². The number of nitrogens with one attached hydrogen (secondary N) is 1. The average molecular weight is 391 g/mol. The van der Waals surface area contributed by atoms with Crippen LogP contribution in [0.3, 0.4) is 0 Å². The summed E-state index contributed by atoms with van der Waals surface area (Å²) in [7, 11) is 0. The molecule has 2 aliphatic heterocycles. The van der Waals surface area contributed by atoms with Crippen LogP contribution >= 0.6 is 0 Å². The van der Waals surface area contributed by atoms with E-state index in [9.17, 15) is 4.79 Å². The fourth-order valence-corrected chi connectivity index (χ4v) is 3.53. The first-order chi connectivity index (χ1) is 14.2. The molecule has 29 heavy (non-hydrogen) atoms. The zero-order valence-electron chi connectivity index (χ0n) is 16.1. The molecule has 3 heterocycles. The predicted octanol–water partition coefficient (Wildman–Crippen LogP) is 3.12. The summed E-state index contributed by atoms with van der Waals surface area (Å²) in [6.07, 6.45) is -0.152. The number of hydrogen-bond donors (Lipinski definition) is 1. The minimum absolute atomic E-state index is 0.152. The number of aromatic nitrogens is 2. The lowest BCUT2D eigenvalue weighted by atomic mass is 10.1. The van der Waals surface area contributed by atoms with Crippen LogP contribution in [0.1, 0.15) is 39.0 Å². The summed E-state index contributed by atoms with van der Waals surface area (Å²) in [5.74, 6) is 1.29. The molecular formula is C22H21N3O4. The van der Waals surface area contributed by atoms with Gasteiger partial charge in [-0.15, -0.1) is 0 Å². The van der Waals surface area contributed by atoms with Crippen molar-refractivity contribution in [3.63, 3.8) is 0 Å². The first kappa shape index (κ1) is 17.8. The molecule has 2 aliphatic rings. The number of carbonyl (C=O) groups excluding carboxylic acids is 1. The zero-order valence-corrected chi connectivity index (χ0v) is 16.1. The fraction of sp³-hybridized carbons (Fsp3) is 0.273. The smallest absolute Gasteiger partial charge is 0.272 e. The van der Waals surface area contributed by atoms with Crippen molar-refractivity contribution in [2.45, 2.75) is 32.7 Å². The molecule has 0 spiro atoms. The number of rotatable bonds is 4. The molecule has 7 heteroatoms. The average Bonchev–Trinajstić information content (AvgIpc) is 3.38. The minimum Gasteiger partial charge on any atom is -0.454 e. The summed E-state index contributed by atoms with van der Waals surface area (Å²) in [6, 6.07) is 15.7. The molecule has 7 nitrogen and oxygen atoms in total. The molecule has 1 amide bonds. The van der Waals surface area contributed by atoms with Crippen LogP contribution in [0.15, 0.2) is 48.5 Å². The summed E-state index contributed by atoms with van der Waals surface area (Å²) >= 11 is 0. The highest BCUT2D eigenvalue weighted by atomic mass is 16.7. The van der Waals surface area contributed by atoms with E-state index in [1.807, 2.05) is 54.1 Å². The highest BCUT2D eigenvalue weighted by Gasteiger charge is 2.25. The third-order valence-electron chi connectivity index (χ3n) is 5.21. The van der Waals surface area contributed by atoms with Crippen molar-refractivity contribution < 1.29 is 19.0 Å². The Morgan fingerprint density at radius 2 is 1.97 bits per heavy atom. The first-order valence-electron chi connectivity index (χ1n) is 9.57. The molecule has 1 atom stereocenters. The van der Waals surface area contributed by atoms with Gasteiger partial charge in [0.05, 0.1) is 18.8 Å². The molecule has 5 rings (SSSR count). The van der Waals surface area contributed by atoms with E-state index in [0.717, 1.165) is 28.3 Å². The molecule has 0 aliphatic carbocycles. The Kier molecular flexibility index (Phi) is 4.44. The van der Waals surface area contributed by atoms with Gasteiger partial charge in [-0.1, -0.05) is 35.9 Å². The van der Waals surface area contributed by atoms with E-state index in [0.29, 0.717) is 25.4 Å². The Labute approximate surface area is 168 Å². The molecule has 3 aromatic rings. The molecule has 0 bridgehead atoms. The molecule has 1 aromatic heterocycles. The van der Waals surface area contributed by atoms with Crippen molar-refractivity contribution in [1.29, 1.82) is 0 Å². The monoisotopic (exact) mass is 391 g/mol. The lowest BCUT2D eigenvalue weighted by molar-refractivity contribution is -0.00128. The maximum Gasteiger partial charge on any atom is 0.272 e. The van der Waals surface area contributed by atoms with Gasteiger partial charge < -0.3 is 19.5 Å². The largest absolute Gasteiger partial charge is 0.454 e. The number of aryl methyl sites for hydroxylation is 1. The third-order valence-corrected chi connectivity index (χ3v) is 5.21. The van der Waals surface area contributed by atoms with Crippen LogP contribution in [0.4, 0.5) is 0 Å². The van der Waals surface area contributed by atoms with Gasteiger partial charge in [-0.3, -0.25) is 9.48 Å². The van der Waals surface area contributed by atoms with Crippen LogP contribution in [-0.4, -0.2) is 22.5 Å². The number of carbonyl (C=O) groups is 1. The number of nitrogens with zero attached hydrogens (tertiary/aromatic N) is 2. The second kappa shape index (κ2) is 7.25. The topological polar surface area (TPSA) is 74.6 Å². The fourth-order valence-electron chi connectivity index (χ4n) is 3.53. The first-order valence-corrected chi connectivity index (χ1v) is 9.57. The minimum atomic E-state index is -0.188. The second-order valence-electron chi connectivity index (χ2n) is 7.28. The SMILES string of the molecule is Cc1ccc(CNC(=O)c2cc3n(n2)CC(c2ccc4c(c2)OCO4)OC3)cc1.